The molecule has 0 radical (unpaired) electrons. The summed E-state index contributed by atoms with van der Waals surface area (Å²) in [5, 5.41) is 15.7. The molecular formula is C30H43FN2O6. The van der Waals surface area contributed by atoms with Crippen molar-refractivity contribution in [1.29, 1.82) is 0 Å². The Labute approximate surface area is 230 Å². The lowest BCUT2D eigenvalue weighted by Gasteiger charge is -2.34. The van der Waals surface area contributed by atoms with Gasteiger partial charge in [0.05, 0.1) is 30.1 Å². The number of ether oxygens (including phenoxy) is 2. The van der Waals surface area contributed by atoms with Crippen LogP contribution in [-0.2, 0) is 9.59 Å². The highest BCUT2D eigenvalue weighted by molar-refractivity contribution is 5.98. The first-order valence-electron chi connectivity index (χ1n) is 14.1. The Morgan fingerprint density at radius 3 is 2.31 bits per heavy atom. The Morgan fingerprint density at radius 1 is 1.08 bits per heavy atom. The molecule has 3 fully saturated rings. The molecule has 3 N–H and O–H groups in total. The molecule has 0 unspecified atom stereocenters. The summed E-state index contributed by atoms with van der Waals surface area (Å²) in [6, 6.07) is 2.17. The standard InChI is InChI=1S/C30H43FN2O6/c1-16(29(2,3)4)32-27(35)24-17-7-8-18(13-17)25(24)33-26(34)20-14-23(21(31)15-22(20)38-6)39-19-9-11-30(5,12-10-19)28(36)37/h14-19,24-25H,7-13H2,1-6H3,(H,32,35)(H,33,34)(H,36,37)/t16-,17-,18-,19?,24-,25-,30?/m1/s1. The van der Waals surface area contributed by atoms with Crippen molar-refractivity contribution >= 4 is 17.8 Å². The molecule has 0 aromatic heterocycles. The van der Waals surface area contributed by atoms with Crippen LogP contribution in [0.5, 0.6) is 11.5 Å². The summed E-state index contributed by atoms with van der Waals surface area (Å²) in [5.41, 5.74) is -0.753. The lowest BCUT2D eigenvalue weighted by Crippen LogP contribution is -2.52. The molecule has 4 rings (SSSR count). The van der Waals surface area contributed by atoms with Gasteiger partial charge in [-0.15, -0.1) is 0 Å². The van der Waals surface area contributed by atoms with Crippen molar-refractivity contribution in [3.05, 3.63) is 23.5 Å². The van der Waals surface area contributed by atoms with E-state index in [-0.39, 0.29) is 64.3 Å². The third-order valence-corrected chi connectivity index (χ3v) is 9.52. The Hall–Kier alpha value is -2.84. The molecule has 9 heteroatoms. The van der Waals surface area contributed by atoms with Gasteiger partial charge in [0.2, 0.25) is 5.91 Å². The van der Waals surface area contributed by atoms with Crippen molar-refractivity contribution in [2.24, 2.45) is 28.6 Å². The first-order chi connectivity index (χ1) is 18.2. The number of amides is 2. The highest BCUT2D eigenvalue weighted by Crippen LogP contribution is 2.49. The van der Waals surface area contributed by atoms with Crippen LogP contribution in [0, 0.1) is 34.4 Å². The normalized spacial score (nSPS) is 30.9. The maximum atomic E-state index is 14.9. The zero-order valence-electron chi connectivity index (χ0n) is 23.9. The third kappa shape index (κ3) is 6.02. The van der Waals surface area contributed by atoms with Crippen LogP contribution >= 0.6 is 0 Å². The molecule has 3 saturated carbocycles. The minimum absolute atomic E-state index is 0.0227. The second-order valence-electron chi connectivity index (χ2n) is 13.1. The van der Waals surface area contributed by atoms with Crippen molar-refractivity contribution in [2.45, 2.75) is 97.8 Å². The van der Waals surface area contributed by atoms with Crippen molar-refractivity contribution in [3.8, 4) is 11.5 Å². The quantitative estimate of drug-likeness (QED) is 0.426. The van der Waals surface area contributed by atoms with Gasteiger partial charge in [0.15, 0.2) is 11.6 Å². The molecule has 3 aliphatic carbocycles. The summed E-state index contributed by atoms with van der Waals surface area (Å²) in [5.74, 6) is -1.80. The van der Waals surface area contributed by atoms with E-state index in [9.17, 15) is 23.9 Å². The van der Waals surface area contributed by atoms with Gasteiger partial charge >= 0.3 is 5.97 Å². The van der Waals surface area contributed by atoms with Crippen molar-refractivity contribution in [3.63, 3.8) is 0 Å². The van der Waals surface area contributed by atoms with Gasteiger partial charge in [0.25, 0.3) is 5.91 Å². The zero-order valence-corrected chi connectivity index (χ0v) is 23.9. The van der Waals surface area contributed by atoms with E-state index < -0.39 is 23.1 Å². The van der Waals surface area contributed by atoms with Gasteiger partial charge < -0.3 is 25.2 Å². The molecule has 2 bridgehead atoms. The van der Waals surface area contributed by atoms with E-state index in [1.165, 1.54) is 13.2 Å². The minimum Gasteiger partial charge on any atom is -0.496 e. The van der Waals surface area contributed by atoms with E-state index in [4.69, 9.17) is 9.47 Å². The average Bonchev–Trinajstić information content (AvgIpc) is 3.47. The van der Waals surface area contributed by atoms with Crippen LogP contribution < -0.4 is 20.1 Å². The largest absolute Gasteiger partial charge is 0.496 e. The van der Waals surface area contributed by atoms with Gasteiger partial charge in [0.1, 0.15) is 5.75 Å². The number of carbonyl (C=O) groups excluding carboxylic acids is 2. The topological polar surface area (TPSA) is 114 Å². The van der Waals surface area contributed by atoms with Gasteiger partial charge in [-0.25, -0.2) is 4.39 Å². The van der Waals surface area contributed by atoms with Gasteiger partial charge in [0, 0.05) is 18.2 Å². The summed E-state index contributed by atoms with van der Waals surface area (Å²) in [4.78, 5) is 38.5. The summed E-state index contributed by atoms with van der Waals surface area (Å²) in [6.07, 6.45) is 4.30. The van der Waals surface area contributed by atoms with E-state index in [1.807, 2.05) is 6.92 Å². The average molecular weight is 547 g/mol. The van der Waals surface area contributed by atoms with Gasteiger partial charge in [-0.05, 0) is 82.1 Å². The molecule has 1 aromatic rings. The number of nitrogens with one attached hydrogen (secondary N) is 2. The SMILES string of the molecule is COc1cc(F)c(OC2CCC(C)(C(=O)O)CC2)cc1C(=O)N[C@@H]1[C@@H]2CC[C@H](C2)[C@H]1C(=O)N[C@H](C)C(C)(C)C. The van der Waals surface area contributed by atoms with Crippen LogP contribution in [0.3, 0.4) is 0 Å². The molecule has 216 valence electrons. The molecule has 0 aliphatic heterocycles. The monoisotopic (exact) mass is 546 g/mol. The van der Waals surface area contributed by atoms with E-state index in [2.05, 4.69) is 31.4 Å². The fraction of sp³-hybridized carbons (Fsp3) is 0.700. The van der Waals surface area contributed by atoms with Crippen LogP contribution in [0.15, 0.2) is 12.1 Å². The lowest BCUT2D eigenvalue weighted by molar-refractivity contribution is -0.150. The molecule has 39 heavy (non-hydrogen) atoms. The second-order valence-corrected chi connectivity index (χ2v) is 13.1. The van der Waals surface area contributed by atoms with Crippen LogP contribution in [0.1, 0.15) is 89.9 Å². The van der Waals surface area contributed by atoms with Crippen LogP contribution in [0.4, 0.5) is 4.39 Å². The van der Waals surface area contributed by atoms with Gasteiger partial charge in [-0.2, -0.15) is 0 Å². The molecule has 5 atom stereocenters. The number of halogens is 1. The number of aliphatic carboxylic acids is 1. The van der Waals surface area contributed by atoms with Gasteiger partial charge in [-0.1, -0.05) is 20.8 Å². The maximum Gasteiger partial charge on any atom is 0.309 e. The van der Waals surface area contributed by atoms with Crippen LogP contribution in [0.25, 0.3) is 0 Å². The van der Waals surface area contributed by atoms with Crippen molar-refractivity contribution < 1.29 is 33.4 Å². The number of fused-ring (bicyclic) bond motifs is 2. The highest BCUT2D eigenvalue weighted by atomic mass is 19.1. The number of carboxylic acid groups (broad SMARTS) is 1. The Bertz CT molecular complexity index is 1110. The lowest BCUT2D eigenvalue weighted by atomic mass is 9.75. The highest BCUT2D eigenvalue weighted by Gasteiger charge is 2.52. The Kier molecular flexibility index (Phi) is 8.20. The summed E-state index contributed by atoms with van der Waals surface area (Å²) >= 11 is 0. The fourth-order valence-electron chi connectivity index (χ4n) is 6.34. The number of carboxylic acids is 1. The Morgan fingerprint density at radius 2 is 1.72 bits per heavy atom. The third-order valence-electron chi connectivity index (χ3n) is 9.52. The number of methoxy groups -OCH3 is 1. The van der Waals surface area contributed by atoms with E-state index in [0.29, 0.717) is 25.7 Å². The second kappa shape index (κ2) is 11.0. The number of hydrogen-bond donors (Lipinski definition) is 3. The summed E-state index contributed by atoms with van der Waals surface area (Å²) < 4.78 is 26.2. The Balaban J connectivity index is 1.50. The predicted molar refractivity (Wildman–Crippen MR) is 144 cm³/mol. The summed E-state index contributed by atoms with van der Waals surface area (Å²) in [7, 11) is 1.38. The van der Waals surface area contributed by atoms with E-state index in [0.717, 1.165) is 25.3 Å². The maximum absolute atomic E-state index is 14.9. The van der Waals surface area contributed by atoms with Gasteiger partial charge in [-0.3, -0.25) is 14.4 Å². The number of rotatable bonds is 8. The molecule has 0 heterocycles. The number of carbonyl (C=O) groups is 3. The number of benzene rings is 1. The molecule has 0 spiro atoms. The molecule has 3 aliphatic rings. The minimum atomic E-state index is -0.837. The van der Waals surface area contributed by atoms with E-state index in [1.54, 1.807) is 6.92 Å². The molecule has 0 saturated heterocycles. The predicted octanol–water partition coefficient (Wildman–Crippen LogP) is 4.94. The molecular weight excluding hydrogens is 503 g/mol. The molecule has 1 aromatic carbocycles. The first-order valence-corrected chi connectivity index (χ1v) is 14.1. The smallest absolute Gasteiger partial charge is 0.309 e. The van der Waals surface area contributed by atoms with Crippen molar-refractivity contribution in [2.75, 3.05) is 7.11 Å². The molecule has 2 amide bonds. The van der Waals surface area contributed by atoms with Crippen LogP contribution in [-0.4, -0.2) is 48.2 Å². The first kappa shape index (κ1) is 29.2. The van der Waals surface area contributed by atoms with Crippen LogP contribution in [0.2, 0.25) is 0 Å². The zero-order chi connectivity index (χ0) is 28.7. The molecule has 8 nitrogen and oxygen atoms in total. The summed E-state index contributed by atoms with van der Waals surface area (Å²) in [6.45, 7) is 9.96. The van der Waals surface area contributed by atoms with E-state index >= 15 is 0 Å². The fourth-order valence-corrected chi connectivity index (χ4v) is 6.34. The number of hydrogen-bond acceptors (Lipinski definition) is 5. The van der Waals surface area contributed by atoms with Crippen molar-refractivity contribution in [1.82, 2.24) is 10.6 Å².